The second-order valence-electron chi connectivity index (χ2n) is 6.86. The van der Waals surface area contributed by atoms with E-state index >= 15 is 0 Å². The number of pyridine rings is 1. The Morgan fingerprint density at radius 3 is 2.93 bits per heavy atom. The van der Waals surface area contributed by atoms with Crippen molar-refractivity contribution in [2.45, 2.75) is 25.4 Å². The van der Waals surface area contributed by atoms with Gasteiger partial charge in [0.2, 0.25) is 5.91 Å². The molecular formula is C21H23N5O2. The Morgan fingerprint density at radius 1 is 1.25 bits per heavy atom. The van der Waals surface area contributed by atoms with Crippen molar-refractivity contribution in [2.75, 3.05) is 11.9 Å². The van der Waals surface area contributed by atoms with Crippen LogP contribution in [-0.2, 0) is 18.4 Å². The first-order chi connectivity index (χ1) is 13.7. The van der Waals surface area contributed by atoms with Crippen LogP contribution in [0.5, 0.6) is 11.5 Å². The summed E-state index contributed by atoms with van der Waals surface area (Å²) in [4.78, 5) is 23.6. The van der Waals surface area contributed by atoms with Crippen LogP contribution in [-0.4, -0.2) is 37.9 Å². The molecule has 7 nitrogen and oxygen atoms in total. The monoisotopic (exact) mass is 377 g/mol. The first-order valence-electron chi connectivity index (χ1n) is 9.39. The van der Waals surface area contributed by atoms with Gasteiger partial charge in [0.05, 0.1) is 24.5 Å². The molecule has 4 rings (SSSR count). The van der Waals surface area contributed by atoms with Crippen molar-refractivity contribution in [2.24, 2.45) is 7.05 Å². The van der Waals surface area contributed by atoms with Crippen LogP contribution in [0.1, 0.15) is 18.7 Å². The number of para-hydroxylation sites is 2. The number of rotatable bonds is 6. The molecule has 1 saturated heterocycles. The average Bonchev–Trinajstić information content (AvgIpc) is 3.34. The number of benzene rings is 1. The van der Waals surface area contributed by atoms with Gasteiger partial charge in [-0.25, -0.2) is 4.98 Å². The van der Waals surface area contributed by atoms with Gasteiger partial charge in [0.15, 0.2) is 5.75 Å². The summed E-state index contributed by atoms with van der Waals surface area (Å²) in [7, 11) is 1.97. The van der Waals surface area contributed by atoms with Gasteiger partial charge in [0, 0.05) is 25.6 Å². The third-order valence-corrected chi connectivity index (χ3v) is 4.94. The molecule has 28 heavy (non-hydrogen) atoms. The molecular weight excluding hydrogens is 354 g/mol. The second-order valence-corrected chi connectivity index (χ2v) is 6.86. The highest BCUT2D eigenvalue weighted by Crippen LogP contribution is 2.30. The first-order valence-corrected chi connectivity index (χ1v) is 9.39. The van der Waals surface area contributed by atoms with Gasteiger partial charge in [-0.2, -0.15) is 0 Å². The summed E-state index contributed by atoms with van der Waals surface area (Å²) in [5.74, 6) is 2.16. The largest absolute Gasteiger partial charge is 0.454 e. The highest BCUT2D eigenvalue weighted by Gasteiger charge is 2.31. The van der Waals surface area contributed by atoms with Crippen LogP contribution in [0, 0.1) is 0 Å². The fraction of sp³-hybridized carbons (Fsp3) is 0.286. The number of hydrogen-bond acceptors (Lipinski definition) is 5. The predicted molar refractivity (Wildman–Crippen MR) is 106 cm³/mol. The number of aromatic nitrogens is 3. The zero-order valence-electron chi connectivity index (χ0n) is 15.8. The Morgan fingerprint density at radius 2 is 2.14 bits per heavy atom. The third kappa shape index (κ3) is 4.04. The van der Waals surface area contributed by atoms with E-state index in [2.05, 4.69) is 20.2 Å². The Labute approximate surface area is 164 Å². The number of carbonyl (C=O) groups is 1. The molecule has 1 unspecified atom stereocenters. The van der Waals surface area contributed by atoms with Crippen LogP contribution in [0.2, 0.25) is 0 Å². The molecule has 2 aromatic heterocycles. The molecule has 1 atom stereocenters. The summed E-state index contributed by atoms with van der Waals surface area (Å²) in [5, 5.41) is 3.04. The highest BCUT2D eigenvalue weighted by atomic mass is 16.5. The van der Waals surface area contributed by atoms with Crippen molar-refractivity contribution in [3.63, 3.8) is 0 Å². The fourth-order valence-electron chi connectivity index (χ4n) is 3.45. The van der Waals surface area contributed by atoms with E-state index in [1.165, 1.54) is 0 Å². The third-order valence-electron chi connectivity index (χ3n) is 4.94. The number of nitrogens with zero attached hydrogens (tertiary/aromatic N) is 4. The zero-order valence-corrected chi connectivity index (χ0v) is 15.8. The lowest BCUT2D eigenvalue weighted by Gasteiger charge is -2.23. The highest BCUT2D eigenvalue weighted by molar-refractivity contribution is 5.96. The second kappa shape index (κ2) is 8.22. The van der Waals surface area contributed by atoms with E-state index in [1.54, 1.807) is 18.6 Å². The van der Waals surface area contributed by atoms with Crippen LogP contribution < -0.4 is 10.1 Å². The van der Waals surface area contributed by atoms with E-state index in [1.807, 2.05) is 54.2 Å². The molecule has 1 N–H and O–H groups in total. The number of carbonyl (C=O) groups excluding carboxylic acids is 1. The lowest BCUT2D eigenvalue weighted by molar-refractivity contribution is -0.120. The number of nitrogens with one attached hydrogen (secondary N) is 1. The summed E-state index contributed by atoms with van der Waals surface area (Å²) < 4.78 is 7.89. The van der Waals surface area contributed by atoms with Crippen molar-refractivity contribution in [1.29, 1.82) is 0 Å². The number of hydrogen-bond donors (Lipinski definition) is 1. The van der Waals surface area contributed by atoms with E-state index in [0.717, 1.165) is 25.2 Å². The normalized spacial score (nSPS) is 16.8. The Kier molecular flexibility index (Phi) is 5.34. The smallest absolute Gasteiger partial charge is 0.241 e. The standard InChI is InChI=1S/C21H23N5O2/c1-25-13-11-23-20(25)15-26-12-5-8-18(26)21(27)24-17-7-2-3-9-19(17)28-16-6-4-10-22-14-16/h2-4,6-7,9-11,13-14,18H,5,8,12,15H2,1H3,(H,24,27). The van der Waals surface area contributed by atoms with Crippen molar-refractivity contribution in [3.8, 4) is 11.5 Å². The molecule has 1 aliphatic rings. The van der Waals surface area contributed by atoms with E-state index < -0.39 is 0 Å². The van der Waals surface area contributed by atoms with Crippen LogP contribution in [0.15, 0.2) is 61.2 Å². The van der Waals surface area contributed by atoms with Crippen LogP contribution in [0.3, 0.4) is 0 Å². The molecule has 0 saturated carbocycles. The molecule has 0 bridgehead atoms. The topological polar surface area (TPSA) is 72.3 Å². The van der Waals surface area contributed by atoms with E-state index in [0.29, 0.717) is 23.7 Å². The van der Waals surface area contributed by atoms with Gasteiger partial charge in [-0.05, 0) is 43.7 Å². The minimum absolute atomic E-state index is 0.0195. The van der Waals surface area contributed by atoms with Gasteiger partial charge < -0.3 is 14.6 Å². The molecule has 144 valence electrons. The van der Waals surface area contributed by atoms with Crippen molar-refractivity contribution >= 4 is 11.6 Å². The number of imidazole rings is 1. The molecule has 1 fully saturated rings. The molecule has 0 spiro atoms. The molecule has 1 aromatic carbocycles. The molecule has 3 aromatic rings. The summed E-state index contributed by atoms with van der Waals surface area (Å²) in [6.45, 7) is 1.55. The molecule has 0 radical (unpaired) electrons. The summed E-state index contributed by atoms with van der Waals surface area (Å²) in [6, 6.07) is 10.9. The molecule has 1 amide bonds. The Balaban J connectivity index is 1.46. The number of aryl methyl sites for hydroxylation is 1. The van der Waals surface area contributed by atoms with Gasteiger partial charge in [-0.3, -0.25) is 14.7 Å². The quantitative estimate of drug-likeness (QED) is 0.714. The molecule has 0 aliphatic carbocycles. The number of likely N-dealkylation sites (tertiary alicyclic amines) is 1. The van der Waals surface area contributed by atoms with Gasteiger partial charge in [-0.15, -0.1) is 0 Å². The van der Waals surface area contributed by atoms with Crippen LogP contribution in [0.4, 0.5) is 5.69 Å². The zero-order chi connectivity index (χ0) is 19.3. The van der Waals surface area contributed by atoms with E-state index in [4.69, 9.17) is 4.74 Å². The molecule has 1 aliphatic heterocycles. The van der Waals surface area contributed by atoms with Gasteiger partial charge in [0.1, 0.15) is 11.6 Å². The van der Waals surface area contributed by atoms with Gasteiger partial charge in [-0.1, -0.05) is 12.1 Å². The lowest BCUT2D eigenvalue weighted by Crippen LogP contribution is -2.39. The Hall–Kier alpha value is -3.19. The van der Waals surface area contributed by atoms with Crippen molar-refractivity contribution < 1.29 is 9.53 Å². The number of amides is 1. The van der Waals surface area contributed by atoms with Crippen molar-refractivity contribution in [1.82, 2.24) is 19.4 Å². The Bertz CT molecular complexity index is 941. The maximum absolute atomic E-state index is 13.0. The lowest BCUT2D eigenvalue weighted by atomic mass is 10.2. The maximum Gasteiger partial charge on any atom is 0.241 e. The van der Waals surface area contributed by atoms with Crippen LogP contribution >= 0.6 is 0 Å². The maximum atomic E-state index is 13.0. The number of ether oxygens (including phenoxy) is 1. The predicted octanol–water partition coefficient (Wildman–Crippen LogP) is 3.21. The molecule has 3 heterocycles. The number of anilines is 1. The summed E-state index contributed by atoms with van der Waals surface area (Å²) in [6.07, 6.45) is 8.87. The minimum atomic E-state index is -0.178. The van der Waals surface area contributed by atoms with Crippen LogP contribution in [0.25, 0.3) is 0 Å². The van der Waals surface area contributed by atoms with Gasteiger partial charge >= 0.3 is 0 Å². The first kappa shape index (κ1) is 18.2. The van der Waals surface area contributed by atoms with Gasteiger partial charge in [0.25, 0.3) is 0 Å². The van der Waals surface area contributed by atoms with E-state index in [-0.39, 0.29) is 11.9 Å². The summed E-state index contributed by atoms with van der Waals surface area (Å²) >= 11 is 0. The fourth-order valence-corrected chi connectivity index (χ4v) is 3.45. The average molecular weight is 377 g/mol. The SMILES string of the molecule is Cn1ccnc1CN1CCCC1C(=O)Nc1ccccc1Oc1cccnc1. The van der Waals surface area contributed by atoms with E-state index in [9.17, 15) is 4.79 Å². The molecule has 7 heteroatoms. The summed E-state index contributed by atoms with van der Waals surface area (Å²) in [5.41, 5.74) is 0.653. The minimum Gasteiger partial charge on any atom is -0.454 e. The van der Waals surface area contributed by atoms with Crippen molar-refractivity contribution in [3.05, 3.63) is 67.0 Å².